The fourth-order valence-electron chi connectivity index (χ4n) is 3.14. The van der Waals surface area contributed by atoms with Gasteiger partial charge in [0.2, 0.25) is 0 Å². The zero-order valence-electron chi connectivity index (χ0n) is 14.9. The second-order valence-corrected chi connectivity index (χ2v) is 7.91. The molecule has 0 unspecified atom stereocenters. The van der Waals surface area contributed by atoms with Crippen LogP contribution in [0, 0.1) is 5.82 Å². The van der Waals surface area contributed by atoms with Crippen molar-refractivity contribution in [1.29, 1.82) is 0 Å². The van der Waals surface area contributed by atoms with Gasteiger partial charge in [0, 0.05) is 11.1 Å². The number of fused-ring (bicyclic) bond motifs is 1. The monoisotopic (exact) mass is 355 g/mol. The summed E-state index contributed by atoms with van der Waals surface area (Å²) in [5.74, 6) is -0.497. The summed E-state index contributed by atoms with van der Waals surface area (Å²) in [6.45, 7) is 7.67. The number of esters is 1. The molecule has 0 fully saturated rings. The minimum atomic E-state index is -0.495. The van der Waals surface area contributed by atoms with Crippen molar-refractivity contribution in [1.82, 2.24) is 5.32 Å². The van der Waals surface area contributed by atoms with Crippen molar-refractivity contribution in [2.24, 2.45) is 0 Å². The zero-order valence-corrected chi connectivity index (χ0v) is 15.7. The molecule has 0 amide bonds. The average molecular weight is 356 g/mol. The van der Waals surface area contributed by atoms with Crippen molar-refractivity contribution in [3.05, 3.63) is 34.1 Å². The highest BCUT2D eigenvalue weighted by Gasteiger charge is 2.29. The van der Waals surface area contributed by atoms with E-state index < -0.39 is 5.60 Å². The highest BCUT2D eigenvalue weighted by molar-refractivity contribution is 6.31. The lowest BCUT2D eigenvalue weighted by molar-refractivity contribution is -0.158. The first-order valence-electron chi connectivity index (χ1n) is 8.65. The lowest BCUT2D eigenvalue weighted by atomic mass is 9.87. The number of rotatable bonds is 5. The molecule has 0 aromatic heterocycles. The van der Waals surface area contributed by atoms with Gasteiger partial charge in [-0.15, -0.1) is 0 Å². The quantitative estimate of drug-likeness (QED) is 0.794. The summed E-state index contributed by atoms with van der Waals surface area (Å²) in [6.07, 6.45) is 3.95. The number of hydrogen-bond acceptors (Lipinski definition) is 3. The smallest absolute Gasteiger partial charge is 0.323 e. The van der Waals surface area contributed by atoms with Gasteiger partial charge in [-0.2, -0.15) is 0 Å². The van der Waals surface area contributed by atoms with Gasteiger partial charge in [-0.25, -0.2) is 4.39 Å². The molecule has 1 aliphatic carbocycles. The van der Waals surface area contributed by atoms with Crippen LogP contribution in [0.2, 0.25) is 5.02 Å². The lowest BCUT2D eigenvalue weighted by Crippen LogP contribution is -2.47. The summed E-state index contributed by atoms with van der Waals surface area (Å²) >= 11 is 6.20. The van der Waals surface area contributed by atoms with E-state index in [1.165, 1.54) is 6.07 Å². The van der Waals surface area contributed by atoms with Gasteiger partial charge in [0.15, 0.2) is 0 Å². The number of ether oxygens (including phenoxy) is 1. The molecule has 1 aromatic rings. The highest BCUT2D eigenvalue weighted by atomic mass is 35.5. The van der Waals surface area contributed by atoms with Crippen molar-refractivity contribution in [2.45, 2.75) is 77.5 Å². The van der Waals surface area contributed by atoms with Crippen molar-refractivity contribution in [3.63, 3.8) is 0 Å². The summed E-state index contributed by atoms with van der Waals surface area (Å²) in [7, 11) is 0. The van der Waals surface area contributed by atoms with E-state index in [0.29, 0.717) is 11.4 Å². The summed E-state index contributed by atoms with van der Waals surface area (Å²) in [5, 5.41) is 3.91. The van der Waals surface area contributed by atoms with Gasteiger partial charge in [0.1, 0.15) is 17.5 Å². The van der Waals surface area contributed by atoms with E-state index in [1.807, 2.05) is 20.8 Å². The van der Waals surface area contributed by atoms with E-state index in [-0.39, 0.29) is 23.9 Å². The Morgan fingerprint density at radius 3 is 2.79 bits per heavy atom. The van der Waals surface area contributed by atoms with Crippen LogP contribution in [0.4, 0.5) is 4.39 Å². The van der Waals surface area contributed by atoms with E-state index in [9.17, 15) is 9.18 Å². The standard InChI is InChI=1S/C19H27ClFNO2/c1-5-6-17(18(23)24-19(2,3)4)22-14-8-7-12-9-13(21)10-16(20)15(12)11-14/h9-10,14,17,22H,5-8,11H2,1-4H3/t14-,17-/m0/s1. The van der Waals surface area contributed by atoms with Gasteiger partial charge in [-0.3, -0.25) is 4.79 Å². The van der Waals surface area contributed by atoms with E-state index in [4.69, 9.17) is 16.3 Å². The third-order valence-corrected chi connectivity index (χ3v) is 4.51. The fraction of sp³-hybridized carbons (Fsp3) is 0.632. The first-order valence-corrected chi connectivity index (χ1v) is 9.03. The molecule has 2 rings (SSSR count). The summed E-state index contributed by atoms with van der Waals surface area (Å²) in [5.41, 5.74) is 1.47. The predicted molar refractivity (Wildman–Crippen MR) is 94.9 cm³/mol. The number of carbonyl (C=O) groups is 1. The predicted octanol–water partition coefficient (Wildman–Crippen LogP) is 4.44. The Morgan fingerprint density at radius 2 is 2.17 bits per heavy atom. The third-order valence-electron chi connectivity index (χ3n) is 4.17. The topological polar surface area (TPSA) is 38.3 Å². The Labute approximate surface area is 148 Å². The molecule has 5 heteroatoms. The molecule has 0 saturated heterocycles. The summed E-state index contributed by atoms with van der Waals surface area (Å²) < 4.78 is 19.0. The second-order valence-electron chi connectivity index (χ2n) is 7.51. The normalized spacial score (nSPS) is 18.8. The van der Waals surface area contributed by atoms with Crippen molar-refractivity contribution >= 4 is 17.6 Å². The van der Waals surface area contributed by atoms with Crippen LogP contribution >= 0.6 is 11.6 Å². The first-order chi connectivity index (χ1) is 11.2. The molecule has 0 heterocycles. The maximum Gasteiger partial charge on any atom is 0.323 e. The fourth-order valence-corrected chi connectivity index (χ4v) is 3.45. The molecule has 0 bridgehead atoms. The van der Waals surface area contributed by atoms with E-state index in [1.54, 1.807) is 6.07 Å². The summed E-state index contributed by atoms with van der Waals surface area (Å²) in [6, 6.07) is 2.75. The van der Waals surface area contributed by atoms with Crippen molar-refractivity contribution in [2.75, 3.05) is 0 Å². The molecule has 24 heavy (non-hydrogen) atoms. The molecular weight excluding hydrogens is 329 g/mol. The molecule has 0 spiro atoms. The number of hydrogen-bond donors (Lipinski definition) is 1. The third kappa shape index (κ3) is 5.18. The molecule has 0 radical (unpaired) electrons. The Bertz CT molecular complexity index is 598. The van der Waals surface area contributed by atoms with E-state index in [0.717, 1.165) is 36.8 Å². The molecule has 0 aliphatic heterocycles. The average Bonchev–Trinajstić information content (AvgIpc) is 2.45. The Kier molecular flexibility index (Phi) is 6.27. The SMILES string of the molecule is CCC[C@H](N[C@H]1CCc2cc(F)cc(Cl)c2C1)C(=O)OC(C)(C)C. The van der Waals surface area contributed by atoms with Crippen LogP contribution < -0.4 is 5.32 Å². The minimum absolute atomic E-state index is 0.143. The van der Waals surface area contributed by atoms with Gasteiger partial charge in [-0.1, -0.05) is 24.9 Å². The van der Waals surface area contributed by atoms with E-state index >= 15 is 0 Å². The van der Waals surface area contributed by atoms with Crippen molar-refractivity contribution in [3.8, 4) is 0 Å². The van der Waals surface area contributed by atoms with Crippen LogP contribution in [0.3, 0.4) is 0 Å². The van der Waals surface area contributed by atoms with Gasteiger partial charge in [-0.05, 0) is 69.7 Å². The molecule has 134 valence electrons. The molecule has 2 atom stereocenters. The largest absolute Gasteiger partial charge is 0.459 e. The lowest BCUT2D eigenvalue weighted by Gasteiger charge is -2.31. The maximum atomic E-state index is 13.5. The molecule has 0 saturated carbocycles. The number of benzene rings is 1. The number of halogens is 2. The Hall–Kier alpha value is -1.13. The maximum absolute atomic E-state index is 13.5. The van der Waals surface area contributed by atoms with Crippen LogP contribution in [0.5, 0.6) is 0 Å². The first kappa shape index (κ1) is 19.2. The van der Waals surface area contributed by atoms with E-state index in [2.05, 4.69) is 12.2 Å². The molecule has 1 aliphatic rings. The Balaban J connectivity index is 2.07. The van der Waals surface area contributed by atoms with Crippen molar-refractivity contribution < 1.29 is 13.9 Å². The van der Waals surface area contributed by atoms with Gasteiger partial charge in [0.25, 0.3) is 0 Å². The van der Waals surface area contributed by atoms with Gasteiger partial charge in [0.05, 0.1) is 0 Å². The van der Waals surface area contributed by atoms with Crippen LogP contribution in [-0.2, 0) is 22.4 Å². The molecular formula is C19H27ClFNO2. The minimum Gasteiger partial charge on any atom is -0.459 e. The molecule has 1 N–H and O–H groups in total. The van der Waals surface area contributed by atoms with Crippen LogP contribution in [-0.4, -0.2) is 23.7 Å². The van der Waals surface area contributed by atoms with Crippen LogP contribution in [0.25, 0.3) is 0 Å². The van der Waals surface area contributed by atoms with Gasteiger partial charge < -0.3 is 10.1 Å². The van der Waals surface area contributed by atoms with Crippen LogP contribution in [0.15, 0.2) is 12.1 Å². The van der Waals surface area contributed by atoms with Gasteiger partial charge >= 0.3 is 5.97 Å². The summed E-state index contributed by atoms with van der Waals surface area (Å²) in [4.78, 5) is 12.4. The number of carbonyl (C=O) groups excluding carboxylic acids is 1. The van der Waals surface area contributed by atoms with Crippen LogP contribution in [0.1, 0.15) is 58.1 Å². The highest BCUT2D eigenvalue weighted by Crippen LogP contribution is 2.29. The second kappa shape index (κ2) is 7.83. The molecule has 1 aromatic carbocycles. The number of nitrogens with one attached hydrogen (secondary N) is 1. The molecule has 3 nitrogen and oxygen atoms in total. The Morgan fingerprint density at radius 1 is 1.46 bits per heavy atom. The number of aryl methyl sites for hydroxylation is 1. The zero-order chi connectivity index (χ0) is 17.9.